The summed E-state index contributed by atoms with van der Waals surface area (Å²) in [7, 11) is 4.42. The van der Waals surface area contributed by atoms with E-state index in [0.717, 1.165) is 17.5 Å². The standard InChI is InChI=1S/C24H31NO5/c1-16(2)12-17-6-8-18(9-7-17)13-23(26)25-20(15-24(27)30-5)19-10-11-21(28-3)22(14-19)29-4/h6-11,14,16,20H,12-13,15H2,1-5H3,(H,25,26). The molecule has 2 aromatic rings. The number of rotatable bonds is 10. The molecule has 0 aliphatic heterocycles. The van der Waals surface area contributed by atoms with Gasteiger partial charge in [-0.05, 0) is 41.2 Å². The van der Waals surface area contributed by atoms with Gasteiger partial charge in [-0.25, -0.2) is 0 Å². The van der Waals surface area contributed by atoms with E-state index in [9.17, 15) is 9.59 Å². The van der Waals surface area contributed by atoms with Crippen molar-refractivity contribution in [3.63, 3.8) is 0 Å². The Kier molecular flexibility index (Phi) is 8.71. The minimum Gasteiger partial charge on any atom is -0.493 e. The van der Waals surface area contributed by atoms with Crippen LogP contribution in [0.15, 0.2) is 42.5 Å². The Morgan fingerprint density at radius 2 is 1.53 bits per heavy atom. The third-order valence-corrected chi connectivity index (χ3v) is 4.78. The lowest BCUT2D eigenvalue weighted by Crippen LogP contribution is -2.31. The lowest BCUT2D eigenvalue weighted by molar-refractivity contribution is -0.141. The lowest BCUT2D eigenvalue weighted by Gasteiger charge is -2.20. The zero-order valence-corrected chi connectivity index (χ0v) is 18.4. The van der Waals surface area contributed by atoms with Gasteiger partial charge in [0.05, 0.1) is 40.2 Å². The maximum absolute atomic E-state index is 12.7. The summed E-state index contributed by atoms with van der Waals surface area (Å²) in [5.74, 6) is 1.11. The van der Waals surface area contributed by atoms with Crippen molar-refractivity contribution in [3.05, 3.63) is 59.2 Å². The smallest absolute Gasteiger partial charge is 0.307 e. The molecule has 6 heteroatoms. The molecule has 0 aromatic heterocycles. The number of amides is 1. The van der Waals surface area contributed by atoms with Crippen LogP contribution in [0.5, 0.6) is 11.5 Å². The number of carbonyl (C=O) groups is 2. The number of esters is 1. The molecule has 0 aliphatic rings. The SMILES string of the molecule is COC(=O)CC(NC(=O)Cc1ccc(CC(C)C)cc1)c1ccc(OC)c(OC)c1. The van der Waals surface area contributed by atoms with Crippen LogP contribution in [0.3, 0.4) is 0 Å². The van der Waals surface area contributed by atoms with Gasteiger partial charge in [-0.15, -0.1) is 0 Å². The summed E-state index contributed by atoms with van der Waals surface area (Å²) in [6, 6.07) is 12.8. The zero-order valence-electron chi connectivity index (χ0n) is 18.4. The Morgan fingerprint density at radius 1 is 0.900 bits per heavy atom. The van der Waals surface area contributed by atoms with E-state index in [-0.39, 0.29) is 18.7 Å². The minimum atomic E-state index is -0.537. The fourth-order valence-electron chi connectivity index (χ4n) is 3.27. The highest BCUT2D eigenvalue weighted by Gasteiger charge is 2.21. The van der Waals surface area contributed by atoms with Gasteiger partial charge in [0.25, 0.3) is 0 Å². The average Bonchev–Trinajstić information content (AvgIpc) is 2.73. The lowest BCUT2D eigenvalue weighted by atomic mass is 10.00. The Labute approximate surface area is 178 Å². The molecule has 0 spiro atoms. The van der Waals surface area contributed by atoms with Crippen molar-refractivity contribution < 1.29 is 23.8 Å². The van der Waals surface area contributed by atoms with E-state index in [1.54, 1.807) is 32.4 Å². The summed E-state index contributed by atoms with van der Waals surface area (Å²) in [6.45, 7) is 4.36. The molecular formula is C24H31NO5. The summed E-state index contributed by atoms with van der Waals surface area (Å²) >= 11 is 0. The molecule has 30 heavy (non-hydrogen) atoms. The van der Waals surface area contributed by atoms with Crippen LogP contribution in [0.4, 0.5) is 0 Å². The number of hydrogen-bond donors (Lipinski definition) is 1. The molecule has 0 heterocycles. The number of carbonyl (C=O) groups excluding carboxylic acids is 2. The van der Waals surface area contributed by atoms with Crippen molar-refractivity contribution in [2.75, 3.05) is 21.3 Å². The van der Waals surface area contributed by atoms with Crippen molar-refractivity contribution in [1.29, 1.82) is 0 Å². The number of ether oxygens (including phenoxy) is 3. The van der Waals surface area contributed by atoms with Crippen molar-refractivity contribution >= 4 is 11.9 Å². The molecular weight excluding hydrogens is 382 g/mol. The Morgan fingerprint density at radius 3 is 2.10 bits per heavy atom. The van der Waals surface area contributed by atoms with E-state index in [1.807, 2.05) is 12.1 Å². The molecule has 1 atom stereocenters. The van der Waals surface area contributed by atoms with Crippen LogP contribution in [0, 0.1) is 5.92 Å². The normalized spacial score (nSPS) is 11.7. The molecule has 1 amide bonds. The number of hydrogen-bond acceptors (Lipinski definition) is 5. The maximum atomic E-state index is 12.7. The molecule has 162 valence electrons. The summed E-state index contributed by atoms with van der Waals surface area (Å²) < 4.78 is 15.4. The molecule has 0 radical (unpaired) electrons. The predicted octanol–water partition coefficient (Wildman–Crippen LogP) is 3.87. The third-order valence-electron chi connectivity index (χ3n) is 4.78. The molecule has 6 nitrogen and oxygen atoms in total. The second kappa shape index (κ2) is 11.2. The highest BCUT2D eigenvalue weighted by Crippen LogP contribution is 2.31. The second-order valence-electron chi connectivity index (χ2n) is 7.61. The van der Waals surface area contributed by atoms with E-state index < -0.39 is 12.0 Å². The fraction of sp³-hybridized carbons (Fsp3) is 0.417. The maximum Gasteiger partial charge on any atom is 0.307 e. The van der Waals surface area contributed by atoms with Gasteiger partial charge in [-0.3, -0.25) is 9.59 Å². The monoisotopic (exact) mass is 413 g/mol. The van der Waals surface area contributed by atoms with Gasteiger partial charge in [-0.1, -0.05) is 44.2 Å². The first-order valence-electron chi connectivity index (χ1n) is 10.0. The van der Waals surface area contributed by atoms with Crippen LogP contribution in [0.25, 0.3) is 0 Å². The topological polar surface area (TPSA) is 73.9 Å². The van der Waals surface area contributed by atoms with Crippen LogP contribution in [-0.4, -0.2) is 33.2 Å². The van der Waals surface area contributed by atoms with Gasteiger partial charge in [0.1, 0.15) is 0 Å². The predicted molar refractivity (Wildman–Crippen MR) is 116 cm³/mol. The van der Waals surface area contributed by atoms with Crippen molar-refractivity contribution in [1.82, 2.24) is 5.32 Å². The highest BCUT2D eigenvalue weighted by molar-refractivity contribution is 5.80. The molecule has 1 unspecified atom stereocenters. The Hall–Kier alpha value is -3.02. The molecule has 0 saturated heterocycles. The molecule has 0 saturated carbocycles. The molecule has 2 aromatic carbocycles. The largest absolute Gasteiger partial charge is 0.493 e. The van der Waals surface area contributed by atoms with E-state index in [4.69, 9.17) is 14.2 Å². The Balaban J connectivity index is 2.14. The van der Waals surface area contributed by atoms with Crippen molar-refractivity contribution in [2.45, 2.75) is 39.2 Å². The van der Waals surface area contributed by atoms with Gasteiger partial charge in [-0.2, -0.15) is 0 Å². The summed E-state index contributed by atoms with van der Waals surface area (Å²) in [4.78, 5) is 24.6. The van der Waals surface area contributed by atoms with E-state index in [2.05, 4.69) is 31.3 Å². The fourth-order valence-corrected chi connectivity index (χ4v) is 3.27. The van der Waals surface area contributed by atoms with Gasteiger partial charge in [0.15, 0.2) is 11.5 Å². The first-order chi connectivity index (χ1) is 14.4. The second-order valence-corrected chi connectivity index (χ2v) is 7.61. The van der Waals surface area contributed by atoms with E-state index in [1.165, 1.54) is 12.7 Å². The molecule has 2 rings (SSSR count). The van der Waals surface area contributed by atoms with Crippen LogP contribution in [0.2, 0.25) is 0 Å². The molecule has 0 fully saturated rings. The first kappa shape index (κ1) is 23.3. The van der Waals surface area contributed by atoms with Crippen molar-refractivity contribution in [2.24, 2.45) is 5.92 Å². The summed E-state index contributed by atoms with van der Waals surface area (Å²) in [6.07, 6.45) is 1.25. The zero-order chi connectivity index (χ0) is 22.1. The number of methoxy groups -OCH3 is 3. The van der Waals surface area contributed by atoms with Crippen LogP contribution in [-0.2, 0) is 27.2 Å². The average molecular weight is 414 g/mol. The summed E-state index contributed by atoms with van der Waals surface area (Å²) in [5.41, 5.74) is 2.91. The number of benzene rings is 2. The van der Waals surface area contributed by atoms with Crippen molar-refractivity contribution in [3.8, 4) is 11.5 Å². The molecule has 1 N–H and O–H groups in total. The first-order valence-corrected chi connectivity index (χ1v) is 10.0. The number of nitrogens with one attached hydrogen (secondary N) is 1. The van der Waals surface area contributed by atoms with Gasteiger partial charge < -0.3 is 19.5 Å². The van der Waals surface area contributed by atoms with Crippen LogP contribution in [0.1, 0.15) is 43.0 Å². The minimum absolute atomic E-state index is 0.0189. The highest BCUT2D eigenvalue weighted by atomic mass is 16.5. The van der Waals surface area contributed by atoms with Gasteiger partial charge in [0, 0.05) is 0 Å². The third kappa shape index (κ3) is 6.79. The quantitative estimate of drug-likeness (QED) is 0.599. The van der Waals surface area contributed by atoms with Crippen LogP contribution < -0.4 is 14.8 Å². The molecule has 0 aliphatic carbocycles. The van der Waals surface area contributed by atoms with Gasteiger partial charge >= 0.3 is 5.97 Å². The summed E-state index contributed by atoms with van der Waals surface area (Å²) in [5, 5.41) is 2.95. The molecule has 0 bridgehead atoms. The Bertz CT molecular complexity index is 845. The van der Waals surface area contributed by atoms with E-state index in [0.29, 0.717) is 17.4 Å². The van der Waals surface area contributed by atoms with E-state index >= 15 is 0 Å². The van der Waals surface area contributed by atoms with Crippen LogP contribution >= 0.6 is 0 Å². The van der Waals surface area contributed by atoms with Gasteiger partial charge in [0.2, 0.25) is 5.91 Å².